The van der Waals surface area contributed by atoms with Crippen LogP contribution < -0.4 is 0 Å². The van der Waals surface area contributed by atoms with E-state index in [2.05, 4.69) is 82.8 Å². The van der Waals surface area contributed by atoms with Crippen molar-refractivity contribution in [2.45, 2.75) is 40.5 Å². The van der Waals surface area contributed by atoms with Crippen molar-refractivity contribution in [1.29, 1.82) is 0 Å². The molecule has 1 unspecified atom stereocenters. The van der Waals surface area contributed by atoms with E-state index in [9.17, 15) is 0 Å². The van der Waals surface area contributed by atoms with Crippen molar-refractivity contribution in [1.82, 2.24) is 0 Å². The van der Waals surface area contributed by atoms with Crippen LogP contribution in [0.15, 0.2) is 77.9 Å². The molecular weight excluding hydrogens is 276 g/mol. The van der Waals surface area contributed by atoms with E-state index in [4.69, 9.17) is 0 Å². The maximum absolute atomic E-state index is 4.01. The zero-order valence-corrected chi connectivity index (χ0v) is 14.9. The second-order valence-electron chi connectivity index (χ2n) is 6.37. The normalized spacial score (nSPS) is 19.2. The van der Waals surface area contributed by atoms with Gasteiger partial charge in [-0.1, -0.05) is 75.1 Å². The molecule has 0 saturated heterocycles. The Morgan fingerprint density at radius 2 is 2.00 bits per heavy atom. The Hall–Kier alpha value is -2.08. The first-order valence-electron chi connectivity index (χ1n) is 8.55. The first-order chi connectivity index (χ1) is 11.1. The number of hydrogen-bond acceptors (Lipinski definition) is 0. The molecule has 1 aliphatic rings. The molecule has 1 atom stereocenters. The molecule has 23 heavy (non-hydrogen) atoms. The number of hydrogen-bond donors (Lipinski definition) is 0. The summed E-state index contributed by atoms with van der Waals surface area (Å²) in [5.74, 6) is 0.600. The highest BCUT2D eigenvalue weighted by Gasteiger charge is 2.11. The fourth-order valence-electron chi connectivity index (χ4n) is 3.07. The van der Waals surface area contributed by atoms with E-state index < -0.39 is 0 Å². The van der Waals surface area contributed by atoms with Gasteiger partial charge in [0.25, 0.3) is 0 Å². The van der Waals surface area contributed by atoms with E-state index in [1.165, 1.54) is 33.4 Å². The Balaban J connectivity index is 2.35. The molecule has 0 bridgehead atoms. The van der Waals surface area contributed by atoms with Crippen molar-refractivity contribution in [2.75, 3.05) is 0 Å². The minimum Gasteiger partial charge on any atom is -0.0984 e. The second kappa shape index (κ2) is 7.97. The lowest BCUT2D eigenvalue weighted by Crippen LogP contribution is -2.01. The molecule has 0 heterocycles. The highest BCUT2D eigenvalue weighted by atomic mass is 14.2. The van der Waals surface area contributed by atoms with Crippen LogP contribution in [0.25, 0.3) is 5.57 Å². The topological polar surface area (TPSA) is 0 Å². The van der Waals surface area contributed by atoms with Crippen LogP contribution in [0.1, 0.15) is 45.2 Å². The Labute approximate surface area is 141 Å². The van der Waals surface area contributed by atoms with Crippen LogP contribution in [0.2, 0.25) is 0 Å². The first-order valence-corrected chi connectivity index (χ1v) is 8.55. The van der Waals surface area contributed by atoms with Gasteiger partial charge in [0.2, 0.25) is 0 Å². The van der Waals surface area contributed by atoms with Crippen LogP contribution in [-0.2, 0) is 6.42 Å². The summed E-state index contributed by atoms with van der Waals surface area (Å²) in [6.45, 7) is 12.9. The smallest absolute Gasteiger partial charge is 0.0190 e. The maximum Gasteiger partial charge on any atom is -0.0190 e. The molecule has 0 aliphatic heterocycles. The summed E-state index contributed by atoms with van der Waals surface area (Å²) in [6, 6.07) is 8.65. The number of rotatable bonds is 5. The van der Waals surface area contributed by atoms with Crippen molar-refractivity contribution < 1.29 is 0 Å². The van der Waals surface area contributed by atoms with E-state index >= 15 is 0 Å². The zero-order valence-electron chi connectivity index (χ0n) is 14.9. The van der Waals surface area contributed by atoms with Gasteiger partial charge in [0.1, 0.15) is 0 Å². The summed E-state index contributed by atoms with van der Waals surface area (Å²) in [5.41, 5.74) is 7.93. The number of benzene rings is 1. The Bertz CT molecular complexity index is 693. The van der Waals surface area contributed by atoms with Gasteiger partial charge in [0.15, 0.2) is 0 Å². The van der Waals surface area contributed by atoms with Gasteiger partial charge in [-0.15, -0.1) is 0 Å². The summed E-state index contributed by atoms with van der Waals surface area (Å²) in [7, 11) is 0. The lowest BCUT2D eigenvalue weighted by Gasteiger charge is -2.18. The fraction of sp³-hybridized carbons (Fsp3) is 0.304. The van der Waals surface area contributed by atoms with Gasteiger partial charge in [-0.25, -0.2) is 0 Å². The highest BCUT2D eigenvalue weighted by Crippen LogP contribution is 2.29. The van der Waals surface area contributed by atoms with Crippen LogP contribution in [0.4, 0.5) is 0 Å². The van der Waals surface area contributed by atoms with Gasteiger partial charge in [0, 0.05) is 0 Å². The van der Waals surface area contributed by atoms with Crippen LogP contribution in [0.3, 0.4) is 0 Å². The average Bonchev–Trinajstić information content (AvgIpc) is 2.58. The van der Waals surface area contributed by atoms with Gasteiger partial charge < -0.3 is 0 Å². The van der Waals surface area contributed by atoms with Crippen molar-refractivity contribution in [3.8, 4) is 0 Å². The van der Waals surface area contributed by atoms with E-state index in [-0.39, 0.29) is 0 Å². The van der Waals surface area contributed by atoms with Gasteiger partial charge in [-0.2, -0.15) is 0 Å². The third kappa shape index (κ3) is 4.22. The molecule has 0 N–H and O–H groups in total. The third-order valence-electron chi connectivity index (χ3n) is 4.54. The molecule has 2 rings (SSSR count). The largest absolute Gasteiger partial charge is 0.0984 e. The third-order valence-corrected chi connectivity index (χ3v) is 4.54. The summed E-state index contributed by atoms with van der Waals surface area (Å²) in [6.07, 6.45) is 13.3. The molecule has 0 heteroatoms. The van der Waals surface area contributed by atoms with E-state index in [1.807, 2.05) is 6.08 Å². The summed E-state index contributed by atoms with van der Waals surface area (Å²) >= 11 is 0. The molecule has 0 amide bonds. The summed E-state index contributed by atoms with van der Waals surface area (Å²) < 4.78 is 0. The predicted molar refractivity (Wildman–Crippen MR) is 103 cm³/mol. The maximum atomic E-state index is 4.01. The quantitative estimate of drug-likeness (QED) is 0.532. The van der Waals surface area contributed by atoms with Crippen molar-refractivity contribution in [2.24, 2.45) is 5.92 Å². The molecule has 120 valence electrons. The monoisotopic (exact) mass is 304 g/mol. The lowest BCUT2D eigenvalue weighted by molar-refractivity contribution is 0.724. The highest BCUT2D eigenvalue weighted by molar-refractivity contribution is 5.69. The van der Waals surface area contributed by atoms with E-state index in [0.717, 1.165) is 12.8 Å². The number of aryl methyl sites for hydroxylation is 1. The Morgan fingerprint density at radius 1 is 1.26 bits per heavy atom. The van der Waals surface area contributed by atoms with E-state index in [0.29, 0.717) is 5.92 Å². The summed E-state index contributed by atoms with van der Waals surface area (Å²) in [4.78, 5) is 0. The molecule has 1 aliphatic carbocycles. The van der Waals surface area contributed by atoms with E-state index in [1.54, 1.807) is 0 Å². The lowest BCUT2D eigenvalue weighted by atomic mass is 9.87. The van der Waals surface area contributed by atoms with Gasteiger partial charge >= 0.3 is 0 Å². The molecule has 1 aromatic carbocycles. The SMILES string of the molecule is C=C/C(=C\C=C(/C)c1ccccc1CC)C1=CC(C)CC=C1C. The van der Waals surface area contributed by atoms with Gasteiger partial charge in [-0.3, -0.25) is 0 Å². The number of allylic oxidation sites excluding steroid dienone is 9. The second-order valence-corrected chi connectivity index (χ2v) is 6.37. The molecule has 0 spiro atoms. The molecule has 0 fully saturated rings. The Kier molecular flexibility index (Phi) is 5.98. The van der Waals surface area contributed by atoms with Crippen LogP contribution >= 0.6 is 0 Å². The zero-order chi connectivity index (χ0) is 16.8. The first kappa shape index (κ1) is 17.3. The molecular formula is C23H28. The van der Waals surface area contributed by atoms with Gasteiger partial charge in [-0.05, 0) is 66.0 Å². The molecule has 1 aromatic rings. The molecule has 0 radical (unpaired) electrons. The minimum atomic E-state index is 0.600. The summed E-state index contributed by atoms with van der Waals surface area (Å²) in [5, 5.41) is 0. The van der Waals surface area contributed by atoms with Crippen LogP contribution in [0, 0.1) is 5.92 Å². The van der Waals surface area contributed by atoms with Crippen molar-refractivity contribution >= 4 is 5.57 Å². The molecule has 0 aromatic heterocycles. The van der Waals surface area contributed by atoms with Crippen molar-refractivity contribution in [3.63, 3.8) is 0 Å². The molecule has 0 nitrogen and oxygen atoms in total. The average molecular weight is 304 g/mol. The molecule has 0 saturated carbocycles. The van der Waals surface area contributed by atoms with Crippen LogP contribution in [-0.4, -0.2) is 0 Å². The van der Waals surface area contributed by atoms with Crippen molar-refractivity contribution in [3.05, 3.63) is 89.1 Å². The fourth-order valence-corrected chi connectivity index (χ4v) is 3.07. The standard InChI is InChI=1S/C23H28/c1-6-20-10-8-9-11-22(20)18(4)14-15-21(7-2)23-16-17(3)12-13-19(23)5/h7-11,13-17H,2,6,12H2,1,3-5H3/b18-14+,21-15+. The predicted octanol–water partition coefficient (Wildman–Crippen LogP) is 6.68. The Morgan fingerprint density at radius 3 is 2.70 bits per heavy atom. The van der Waals surface area contributed by atoms with Crippen LogP contribution in [0.5, 0.6) is 0 Å². The minimum absolute atomic E-state index is 0.600. The van der Waals surface area contributed by atoms with Gasteiger partial charge in [0.05, 0.1) is 0 Å².